The largest absolute Gasteiger partial charge is 0.497 e. The van der Waals surface area contributed by atoms with Gasteiger partial charge in [-0.3, -0.25) is 0 Å². The lowest BCUT2D eigenvalue weighted by Gasteiger charge is -2.17. The third kappa shape index (κ3) is 11.7. The number of rotatable bonds is 11. The van der Waals surface area contributed by atoms with Gasteiger partial charge >= 0.3 is 0 Å². The molecule has 3 aromatic carbocycles. The van der Waals surface area contributed by atoms with E-state index in [0.717, 1.165) is 33.9 Å². The van der Waals surface area contributed by atoms with Crippen molar-refractivity contribution in [2.75, 3.05) is 21.3 Å². The summed E-state index contributed by atoms with van der Waals surface area (Å²) in [5, 5.41) is 0. The van der Waals surface area contributed by atoms with Crippen LogP contribution in [0.4, 0.5) is 0 Å². The maximum atomic E-state index is 5.18. The quantitative estimate of drug-likeness (QED) is 0.180. The Morgan fingerprint density at radius 3 is 1.00 bits per heavy atom. The van der Waals surface area contributed by atoms with Gasteiger partial charge in [0.05, 0.1) is 26.9 Å². The van der Waals surface area contributed by atoms with Crippen LogP contribution in [0.1, 0.15) is 37.5 Å². The smallest absolute Gasteiger partial charge is 0.118 e. The van der Waals surface area contributed by atoms with E-state index in [-0.39, 0.29) is 5.60 Å². The molecule has 3 aromatic rings. The summed E-state index contributed by atoms with van der Waals surface area (Å²) in [6.45, 7) is 7.09. The second-order valence-electron chi connectivity index (χ2n) is 8.53. The predicted molar refractivity (Wildman–Crippen MR) is 134 cm³/mol. The molecule has 3 rings (SSSR count). The van der Waals surface area contributed by atoms with Crippen LogP contribution in [-0.2, 0) is 39.4 Å². The number of hydrogen-bond acceptors (Lipinski definition) is 7. The van der Waals surface area contributed by atoms with E-state index in [1.807, 2.05) is 93.6 Å². The van der Waals surface area contributed by atoms with Crippen molar-refractivity contribution in [2.45, 2.75) is 46.2 Å². The molecule has 0 aliphatic heterocycles. The van der Waals surface area contributed by atoms with Gasteiger partial charge in [0.2, 0.25) is 0 Å². The minimum atomic E-state index is -0.271. The molecular weight excluding hydrogens is 448 g/mol. The maximum absolute atomic E-state index is 5.18. The summed E-state index contributed by atoms with van der Waals surface area (Å²) in [6.07, 6.45) is 0. The summed E-state index contributed by atoms with van der Waals surface area (Å²) >= 11 is 0. The zero-order chi connectivity index (χ0) is 25.5. The summed E-state index contributed by atoms with van der Waals surface area (Å²) in [6, 6.07) is 23.0. The third-order valence-corrected chi connectivity index (χ3v) is 4.55. The van der Waals surface area contributed by atoms with Crippen molar-refractivity contribution in [1.29, 1.82) is 0 Å². The van der Waals surface area contributed by atoms with Gasteiger partial charge < -0.3 is 14.2 Å². The van der Waals surface area contributed by atoms with E-state index in [9.17, 15) is 0 Å². The Morgan fingerprint density at radius 1 is 0.457 bits per heavy atom. The Morgan fingerprint density at radius 2 is 0.743 bits per heavy atom. The van der Waals surface area contributed by atoms with Crippen LogP contribution in [0.15, 0.2) is 72.8 Å². The standard InChI is InChI=1S/C16H18O4.C12H18O3/c1-17-15-7-3-13(4-8-15)11-19-20-12-14-5-9-16(18-2)10-6-14;1-12(2,3)15-14-9-10-5-7-11(13-4)8-6-10/h3-10H,11-12H2,1-2H3;5-8H,9H2,1-4H3. The number of ether oxygens (including phenoxy) is 3. The Bertz CT molecular complexity index is 897. The van der Waals surface area contributed by atoms with Crippen LogP contribution in [0.5, 0.6) is 17.2 Å². The average molecular weight is 485 g/mol. The summed E-state index contributed by atoms with van der Waals surface area (Å²) < 4.78 is 15.2. The van der Waals surface area contributed by atoms with Crippen molar-refractivity contribution in [2.24, 2.45) is 0 Å². The van der Waals surface area contributed by atoms with Gasteiger partial charge in [-0.25, -0.2) is 19.6 Å². The lowest BCUT2D eigenvalue weighted by Crippen LogP contribution is -2.19. The molecule has 0 spiro atoms. The first-order valence-electron chi connectivity index (χ1n) is 11.3. The van der Waals surface area contributed by atoms with E-state index in [1.165, 1.54) is 0 Å². The molecular formula is C28H36O7. The molecule has 0 unspecified atom stereocenters. The molecule has 0 aliphatic rings. The van der Waals surface area contributed by atoms with Crippen molar-refractivity contribution < 1.29 is 33.8 Å². The number of hydrogen-bond donors (Lipinski definition) is 0. The highest BCUT2D eigenvalue weighted by molar-refractivity contribution is 5.28. The Balaban J connectivity index is 0.000000258. The molecule has 190 valence electrons. The zero-order valence-electron chi connectivity index (χ0n) is 21.4. The Labute approximate surface area is 208 Å². The molecule has 35 heavy (non-hydrogen) atoms. The summed E-state index contributed by atoms with van der Waals surface area (Å²) in [5.41, 5.74) is 2.84. The lowest BCUT2D eigenvalue weighted by molar-refractivity contribution is -0.356. The molecule has 0 N–H and O–H groups in total. The fourth-order valence-electron chi connectivity index (χ4n) is 2.66. The van der Waals surface area contributed by atoms with Gasteiger partial charge in [-0.2, -0.15) is 0 Å². The van der Waals surface area contributed by atoms with E-state index in [4.69, 9.17) is 33.8 Å². The highest BCUT2D eigenvalue weighted by Crippen LogP contribution is 2.15. The molecule has 0 aromatic heterocycles. The topological polar surface area (TPSA) is 64.6 Å². The highest BCUT2D eigenvalue weighted by Gasteiger charge is 2.11. The van der Waals surface area contributed by atoms with E-state index < -0.39 is 0 Å². The minimum Gasteiger partial charge on any atom is -0.497 e. The van der Waals surface area contributed by atoms with Gasteiger partial charge in [0, 0.05) is 0 Å². The maximum Gasteiger partial charge on any atom is 0.118 e. The van der Waals surface area contributed by atoms with Crippen LogP contribution in [0.2, 0.25) is 0 Å². The van der Waals surface area contributed by atoms with Crippen LogP contribution >= 0.6 is 0 Å². The molecule has 0 saturated heterocycles. The highest BCUT2D eigenvalue weighted by atomic mass is 17.2. The Hall–Kier alpha value is -3.10. The van der Waals surface area contributed by atoms with Crippen LogP contribution in [0.25, 0.3) is 0 Å². The molecule has 0 fully saturated rings. The van der Waals surface area contributed by atoms with Gasteiger partial charge in [0.15, 0.2) is 0 Å². The SMILES string of the molecule is COc1ccc(COOC(C)(C)C)cc1.COc1ccc(COOCc2ccc(OC)cc2)cc1. The van der Waals surface area contributed by atoms with Crippen LogP contribution in [0.3, 0.4) is 0 Å². The second-order valence-corrected chi connectivity index (χ2v) is 8.53. The molecule has 0 heterocycles. The monoisotopic (exact) mass is 484 g/mol. The van der Waals surface area contributed by atoms with E-state index in [2.05, 4.69) is 0 Å². The van der Waals surface area contributed by atoms with Gasteiger partial charge in [-0.05, 0) is 73.9 Å². The van der Waals surface area contributed by atoms with Crippen LogP contribution in [-0.4, -0.2) is 26.9 Å². The normalized spacial score (nSPS) is 10.8. The predicted octanol–water partition coefficient (Wildman–Crippen LogP) is 6.29. The summed E-state index contributed by atoms with van der Waals surface area (Å²) in [7, 11) is 4.93. The van der Waals surface area contributed by atoms with Crippen molar-refractivity contribution in [1.82, 2.24) is 0 Å². The first-order valence-corrected chi connectivity index (χ1v) is 11.3. The first-order chi connectivity index (χ1) is 16.8. The molecule has 0 bridgehead atoms. The lowest BCUT2D eigenvalue weighted by atomic mass is 10.2. The number of benzene rings is 3. The molecule has 0 saturated carbocycles. The van der Waals surface area contributed by atoms with Gasteiger partial charge in [-0.15, -0.1) is 0 Å². The van der Waals surface area contributed by atoms with Crippen molar-refractivity contribution in [3.63, 3.8) is 0 Å². The molecule has 0 amide bonds. The van der Waals surface area contributed by atoms with Gasteiger partial charge in [0.25, 0.3) is 0 Å². The second kappa shape index (κ2) is 15.0. The molecule has 7 nitrogen and oxygen atoms in total. The first kappa shape index (κ1) is 28.1. The fraction of sp³-hybridized carbons (Fsp3) is 0.357. The zero-order valence-corrected chi connectivity index (χ0v) is 21.4. The van der Waals surface area contributed by atoms with E-state index in [1.54, 1.807) is 21.3 Å². The van der Waals surface area contributed by atoms with Crippen molar-refractivity contribution in [3.05, 3.63) is 89.5 Å². The summed E-state index contributed by atoms with van der Waals surface area (Å²) in [5.74, 6) is 2.50. The Kier molecular flexibility index (Phi) is 12.1. The van der Waals surface area contributed by atoms with Crippen LogP contribution in [0, 0.1) is 0 Å². The third-order valence-electron chi connectivity index (χ3n) is 4.55. The van der Waals surface area contributed by atoms with Crippen molar-refractivity contribution in [3.8, 4) is 17.2 Å². The minimum absolute atomic E-state index is 0.271. The average Bonchev–Trinajstić information content (AvgIpc) is 2.87. The molecule has 0 aliphatic carbocycles. The molecule has 7 heteroatoms. The number of methoxy groups -OCH3 is 3. The van der Waals surface area contributed by atoms with E-state index in [0.29, 0.717) is 19.8 Å². The fourth-order valence-corrected chi connectivity index (χ4v) is 2.66. The van der Waals surface area contributed by atoms with Gasteiger partial charge in [0.1, 0.15) is 37.1 Å². The van der Waals surface area contributed by atoms with Crippen LogP contribution < -0.4 is 14.2 Å². The van der Waals surface area contributed by atoms with Gasteiger partial charge in [-0.1, -0.05) is 36.4 Å². The molecule has 0 radical (unpaired) electrons. The molecule has 0 atom stereocenters. The summed E-state index contributed by atoms with van der Waals surface area (Å²) in [4.78, 5) is 20.6. The van der Waals surface area contributed by atoms with Crippen molar-refractivity contribution >= 4 is 0 Å². The van der Waals surface area contributed by atoms with E-state index >= 15 is 0 Å².